The van der Waals surface area contributed by atoms with Crippen LogP contribution in [0.15, 0.2) is 53.5 Å². The molecule has 3 atom stereocenters. The highest BCUT2D eigenvalue weighted by Gasteiger charge is 2.48. The van der Waals surface area contributed by atoms with E-state index in [1.807, 2.05) is 20.8 Å². The van der Waals surface area contributed by atoms with Crippen molar-refractivity contribution in [3.05, 3.63) is 65.9 Å². The minimum absolute atomic E-state index is 0.114. The van der Waals surface area contributed by atoms with Gasteiger partial charge in [0, 0.05) is 16.8 Å². The van der Waals surface area contributed by atoms with Crippen molar-refractivity contribution in [2.24, 2.45) is 4.40 Å². The number of ether oxygens (including phenoxy) is 4. The van der Waals surface area contributed by atoms with Gasteiger partial charge in [0.25, 0.3) is 15.8 Å². The van der Waals surface area contributed by atoms with Crippen molar-refractivity contribution < 1.29 is 32.0 Å². The number of benzene rings is 1. The third kappa shape index (κ3) is 6.23. The molecule has 0 saturated heterocycles. The van der Waals surface area contributed by atoms with Gasteiger partial charge in [-0.3, -0.25) is 14.8 Å². The number of carbonyl (C=O) groups is 1. The topological polar surface area (TPSA) is 149 Å². The van der Waals surface area contributed by atoms with Gasteiger partial charge in [0.1, 0.15) is 11.4 Å². The largest absolute Gasteiger partial charge is 0.493 e. The maximum absolute atomic E-state index is 14.6. The van der Waals surface area contributed by atoms with Crippen molar-refractivity contribution in [3.63, 3.8) is 0 Å². The van der Waals surface area contributed by atoms with Crippen molar-refractivity contribution >= 4 is 27.5 Å². The van der Waals surface area contributed by atoms with Crippen LogP contribution in [0.5, 0.6) is 17.4 Å². The molecule has 1 aliphatic heterocycles. The summed E-state index contributed by atoms with van der Waals surface area (Å²) < 4.78 is 42.6. The van der Waals surface area contributed by atoms with E-state index >= 15 is 0 Å². The Morgan fingerprint density at radius 2 is 1.68 bits per heavy atom. The van der Waals surface area contributed by atoms with E-state index in [0.29, 0.717) is 28.8 Å². The maximum Gasteiger partial charge on any atom is 0.441 e. The van der Waals surface area contributed by atoms with Crippen LogP contribution in [0.2, 0.25) is 0 Å². The number of methoxy groups -OCH3 is 3. The van der Waals surface area contributed by atoms with E-state index in [0.717, 1.165) is 5.56 Å². The first-order valence-electron chi connectivity index (χ1n) is 12.8. The van der Waals surface area contributed by atoms with E-state index in [1.165, 1.54) is 44.0 Å². The van der Waals surface area contributed by atoms with Crippen LogP contribution in [0.3, 0.4) is 0 Å². The van der Waals surface area contributed by atoms with Crippen LogP contribution in [-0.2, 0) is 14.7 Å². The molecule has 3 aromatic rings. The molecule has 41 heavy (non-hydrogen) atoms. The van der Waals surface area contributed by atoms with E-state index in [9.17, 15) is 9.00 Å². The quantitative estimate of drug-likeness (QED) is 0.322. The number of aromatic nitrogens is 3. The Morgan fingerprint density at radius 3 is 2.24 bits per heavy atom. The molecule has 2 N–H and O–H groups in total. The van der Waals surface area contributed by atoms with Gasteiger partial charge in [-0.05, 0) is 55.5 Å². The molecule has 1 aromatic carbocycles. The number of hydrogen-bond acceptors (Lipinski definition) is 10. The second kappa shape index (κ2) is 12.5. The van der Waals surface area contributed by atoms with Crippen LogP contribution in [0.1, 0.15) is 48.5 Å². The van der Waals surface area contributed by atoms with Crippen molar-refractivity contribution in [1.82, 2.24) is 20.4 Å². The van der Waals surface area contributed by atoms with Gasteiger partial charge < -0.3 is 18.9 Å². The maximum atomic E-state index is 14.6. The van der Waals surface area contributed by atoms with Gasteiger partial charge >= 0.3 is 5.96 Å². The molecule has 13 nitrogen and oxygen atoms in total. The van der Waals surface area contributed by atoms with Gasteiger partial charge in [0.05, 0.1) is 51.1 Å². The molecule has 0 bridgehead atoms. The molecule has 1 amide bonds. The fourth-order valence-electron chi connectivity index (χ4n) is 4.11. The molecule has 14 heteroatoms. The average molecular weight is 585 g/mol. The van der Waals surface area contributed by atoms with Crippen molar-refractivity contribution in [2.75, 3.05) is 26.6 Å². The van der Waals surface area contributed by atoms with E-state index in [4.69, 9.17) is 18.9 Å². The summed E-state index contributed by atoms with van der Waals surface area (Å²) in [6.07, 6.45) is 5.01. The highest BCUT2D eigenvalue weighted by atomic mass is 32.2. The first kappa shape index (κ1) is 29.7. The molecule has 218 valence electrons. The Hall–Kier alpha value is -4.30. The lowest BCUT2D eigenvalue weighted by Gasteiger charge is -2.29. The van der Waals surface area contributed by atoms with Crippen LogP contribution >= 0.6 is 0 Å². The zero-order valence-corrected chi connectivity index (χ0v) is 24.8. The summed E-state index contributed by atoms with van der Waals surface area (Å²) in [6, 6.07) is 6.92. The Balaban J connectivity index is 1.78. The summed E-state index contributed by atoms with van der Waals surface area (Å²) in [5.74, 6) is 0.841. The molecule has 3 heterocycles. The van der Waals surface area contributed by atoms with Gasteiger partial charge in [-0.25, -0.2) is 10.3 Å². The van der Waals surface area contributed by atoms with Gasteiger partial charge in [-0.1, -0.05) is 6.07 Å². The number of nitrogens with one attached hydrogen (secondary N) is 2. The van der Waals surface area contributed by atoms with Crippen molar-refractivity contribution in [1.29, 1.82) is 0 Å². The second-order valence-corrected chi connectivity index (χ2v) is 11.8. The van der Waals surface area contributed by atoms with Gasteiger partial charge in [0.15, 0.2) is 17.2 Å². The van der Waals surface area contributed by atoms with Crippen LogP contribution in [-0.4, -0.2) is 67.8 Å². The van der Waals surface area contributed by atoms with Crippen LogP contribution in [0.25, 0.3) is 0 Å². The van der Waals surface area contributed by atoms with Crippen LogP contribution in [0.4, 0.5) is 5.69 Å². The molecule has 1 aliphatic rings. The summed E-state index contributed by atoms with van der Waals surface area (Å²) in [4.78, 5) is 26.1. The van der Waals surface area contributed by atoms with E-state index in [2.05, 4.69) is 30.1 Å². The van der Waals surface area contributed by atoms with Gasteiger partial charge in [0.2, 0.25) is 5.88 Å². The fraction of sp³-hybridized carbons (Fsp3) is 0.370. The van der Waals surface area contributed by atoms with Gasteiger partial charge in [-0.15, -0.1) is 0 Å². The number of nitrogens with zero attached hydrogens (tertiary/aromatic N) is 5. The number of pyridine rings is 1. The molecule has 0 radical (unpaired) electrons. The minimum atomic E-state index is -3.34. The number of hydrazine groups is 1. The molecule has 4 rings (SSSR count). The zero-order chi connectivity index (χ0) is 29.7. The lowest BCUT2D eigenvalue weighted by Crippen LogP contribution is -2.54. The number of aryl methyl sites for hydroxylation is 1. The summed E-state index contributed by atoms with van der Waals surface area (Å²) in [6.45, 7) is 7.26. The number of anilines is 1. The van der Waals surface area contributed by atoms with E-state index in [1.54, 1.807) is 37.4 Å². The number of para-hydroxylation sites is 1. The molecular weight excluding hydrogens is 550 g/mol. The summed E-state index contributed by atoms with van der Waals surface area (Å²) in [7, 11) is 1.18. The number of rotatable bonds is 11. The predicted molar refractivity (Wildman–Crippen MR) is 152 cm³/mol. The number of carbonyl (C=O) groups excluding carboxylic acids is 1. The highest BCUT2D eigenvalue weighted by Crippen LogP contribution is 2.36. The van der Waals surface area contributed by atoms with E-state index < -0.39 is 27.2 Å². The normalized spacial score (nSPS) is 17.7. The SMILES string of the molecule is COc1cnc([C@@H](OC(C)C)[C@@H](C)S2(=O)=[N+](NC(=O)c3cncc(C)c3)C(Nc3c(OC)cccc3OC)=N2)cn1. The zero-order valence-electron chi connectivity index (χ0n) is 23.9. The number of amides is 1. The Bertz CT molecular complexity index is 1550. The third-order valence-electron chi connectivity index (χ3n) is 6.15. The lowest BCUT2D eigenvalue weighted by molar-refractivity contribution is -0.445. The first-order chi connectivity index (χ1) is 19.6. The van der Waals surface area contributed by atoms with Crippen molar-refractivity contribution in [3.8, 4) is 17.4 Å². The molecule has 0 fully saturated rings. The molecule has 1 unspecified atom stereocenters. The van der Waals surface area contributed by atoms with Crippen LogP contribution < -0.4 is 25.0 Å². The minimum Gasteiger partial charge on any atom is -0.493 e. The Labute approximate surface area is 239 Å². The summed E-state index contributed by atoms with van der Waals surface area (Å²) in [5.41, 5.74) is 4.71. The highest BCUT2D eigenvalue weighted by molar-refractivity contribution is 7.91. The van der Waals surface area contributed by atoms with Gasteiger partial charge in [-0.2, -0.15) is 9.63 Å². The monoisotopic (exact) mass is 584 g/mol. The smallest absolute Gasteiger partial charge is 0.441 e. The third-order valence-corrected chi connectivity index (χ3v) is 8.59. The number of hydrogen-bond donors (Lipinski definition) is 2. The molecule has 0 saturated carbocycles. The molecule has 0 spiro atoms. The lowest BCUT2D eigenvalue weighted by atomic mass is 10.2. The fourth-order valence-corrected chi connectivity index (χ4v) is 6.03. The Morgan fingerprint density at radius 1 is 0.976 bits per heavy atom. The predicted octanol–water partition coefficient (Wildman–Crippen LogP) is 3.28. The number of guanidine groups is 1. The first-order valence-corrected chi connectivity index (χ1v) is 14.3. The molecule has 0 aliphatic carbocycles. The Kier molecular flexibility index (Phi) is 9.03. The molecular formula is C27H34N7O6S+. The average Bonchev–Trinajstić information content (AvgIpc) is 2.97. The standard InChI is InChI=1S/C27H33N7O6S/c1-16(2)40-25(20-14-30-23(39-7)15-29-20)18(4)41(36)33-27(31-24-21(37-5)9-8-10-22(24)38-6)34(41)32-26(35)19-11-17(3)12-28-13-19/h8-16,18,25H,1-7H3,(H,32,35)/p+1/t18-,25+,41?/m1/s1. The van der Waals surface area contributed by atoms with Crippen LogP contribution in [0, 0.1) is 6.92 Å². The summed E-state index contributed by atoms with van der Waals surface area (Å²) >= 11 is 0. The van der Waals surface area contributed by atoms with E-state index in [-0.39, 0.29) is 17.6 Å². The molecule has 2 aromatic heterocycles. The summed E-state index contributed by atoms with van der Waals surface area (Å²) in [5, 5.41) is 2.33. The van der Waals surface area contributed by atoms with Crippen molar-refractivity contribution in [2.45, 2.75) is 45.2 Å². The second-order valence-electron chi connectivity index (χ2n) is 9.40.